The fourth-order valence-electron chi connectivity index (χ4n) is 5.23. The number of amides is 1. The first-order chi connectivity index (χ1) is 14.2. The van der Waals surface area contributed by atoms with Crippen LogP contribution in [0.5, 0.6) is 0 Å². The first-order valence-corrected chi connectivity index (χ1v) is 10.9. The molecule has 1 aliphatic carbocycles. The van der Waals surface area contributed by atoms with Gasteiger partial charge in [0.15, 0.2) is 0 Å². The number of aromatic amines is 1. The van der Waals surface area contributed by atoms with Gasteiger partial charge in [-0.25, -0.2) is 4.98 Å². The molecule has 1 saturated heterocycles. The van der Waals surface area contributed by atoms with Crippen LogP contribution < -0.4 is 0 Å². The largest absolute Gasteiger partial charge is 0.346 e. The summed E-state index contributed by atoms with van der Waals surface area (Å²) in [6.45, 7) is 4.04. The summed E-state index contributed by atoms with van der Waals surface area (Å²) in [5.41, 5.74) is 4.09. The summed E-state index contributed by atoms with van der Waals surface area (Å²) in [7, 11) is 0. The third-order valence-corrected chi connectivity index (χ3v) is 6.77. The van der Waals surface area contributed by atoms with Gasteiger partial charge in [0.05, 0.1) is 22.9 Å². The van der Waals surface area contributed by atoms with Crippen molar-refractivity contribution in [2.45, 2.75) is 58.0 Å². The normalized spacial score (nSPS) is 23.1. The molecule has 4 heterocycles. The van der Waals surface area contributed by atoms with Gasteiger partial charge < -0.3 is 9.47 Å². The maximum atomic E-state index is 13.0. The van der Waals surface area contributed by atoms with E-state index in [4.69, 9.17) is 4.98 Å². The molecule has 0 spiro atoms. The second-order valence-corrected chi connectivity index (χ2v) is 8.83. The molecule has 0 aromatic carbocycles. The van der Waals surface area contributed by atoms with Crippen LogP contribution in [0.25, 0.3) is 22.3 Å². The van der Waals surface area contributed by atoms with E-state index in [-0.39, 0.29) is 5.92 Å². The van der Waals surface area contributed by atoms with E-state index in [2.05, 4.69) is 51.0 Å². The van der Waals surface area contributed by atoms with Crippen molar-refractivity contribution in [3.8, 4) is 11.3 Å². The van der Waals surface area contributed by atoms with Crippen LogP contribution in [-0.4, -0.2) is 43.1 Å². The average molecular weight is 392 g/mol. The Morgan fingerprint density at radius 2 is 2.07 bits per heavy atom. The minimum absolute atomic E-state index is 0.267. The van der Waals surface area contributed by atoms with E-state index in [1.807, 2.05) is 6.20 Å². The molecule has 0 unspecified atom stereocenters. The Kier molecular flexibility index (Phi) is 4.86. The number of carbonyl (C=O) groups excluding carboxylic acids is 1. The lowest BCUT2D eigenvalue weighted by Gasteiger charge is -2.29. The summed E-state index contributed by atoms with van der Waals surface area (Å²) in [4.78, 5) is 20.0. The molecule has 2 aliphatic rings. The molecule has 1 N–H and O–H groups in total. The molecular weight excluding hydrogens is 362 g/mol. The van der Waals surface area contributed by atoms with Crippen molar-refractivity contribution < 1.29 is 4.79 Å². The summed E-state index contributed by atoms with van der Waals surface area (Å²) in [5.74, 6) is 1.17. The molecule has 0 radical (unpaired) electrons. The number of H-pyrrole nitrogens is 1. The van der Waals surface area contributed by atoms with Crippen molar-refractivity contribution in [1.29, 1.82) is 0 Å². The molecule has 1 saturated carbocycles. The van der Waals surface area contributed by atoms with Gasteiger partial charge in [-0.1, -0.05) is 19.3 Å². The van der Waals surface area contributed by atoms with Gasteiger partial charge in [-0.2, -0.15) is 5.10 Å². The number of rotatable bonds is 4. The monoisotopic (exact) mass is 391 g/mol. The zero-order valence-corrected chi connectivity index (χ0v) is 17.1. The Hall–Kier alpha value is -2.63. The summed E-state index contributed by atoms with van der Waals surface area (Å²) >= 11 is 0. The summed E-state index contributed by atoms with van der Waals surface area (Å²) in [6.07, 6.45) is 12.8. The third kappa shape index (κ3) is 3.56. The minimum atomic E-state index is 0.267. The van der Waals surface area contributed by atoms with Crippen LogP contribution in [0.15, 0.2) is 36.8 Å². The van der Waals surface area contributed by atoms with E-state index in [1.165, 1.54) is 19.3 Å². The Labute approximate surface area is 171 Å². The lowest BCUT2D eigenvalue weighted by atomic mass is 9.88. The maximum absolute atomic E-state index is 13.0. The van der Waals surface area contributed by atoms with Crippen LogP contribution >= 0.6 is 0 Å². The molecule has 3 aromatic rings. The topological polar surface area (TPSA) is 66.8 Å². The Balaban J connectivity index is 1.29. The van der Waals surface area contributed by atoms with Crippen molar-refractivity contribution in [3.63, 3.8) is 0 Å². The van der Waals surface area contributed by atoms with E-state index in [1.54, 1.807) is 6.20 Å². The fraction of sp³-hybridized carbons (Fsp3) is 0.522. The zero-order valence-electron chi connectivity index (χ0n) is 17.1. The number of likely N-dealkylation sites (tertiary alicyclic amines) is 1. The number of carbonyl (C=O) groups is 1. The fourth-order valence-corrected chi connectivity index (χ4v) is 5.23. The molecular formula is C23H29N5O. The highest BCUT2D eigenvalue weighted by atomic mass is 16.2. The van der Waals surface area contributed by atoms with E-state index < -0.39 is 0 Å². The molecule has 3 aromatic heterocycles. The smallest absolute Gasteiger partial charge is 0.225 e. The molecule has 0 bridgehead atoms. The number of nitrogens with one attached hydrogen (secondary N) is 1. The average Bonchev–Trinajstić information content (AvgIpc) is 3.49. The second kappa shape index (κ2) is 7.65. The van der Waals surface area contributed by atoms with Crippen molar-refractivity contribution in [2.24, 2.45) is 11.8 Å². The van der Waals surface area contributed by atoms with Crippen LogP contribution in [-0.2, 0) is 11.3 Å². The Bertz CT molecular complexity index is 986. The lowest BCUT2D eigenvalue weighted by Crippen LogP contribution is -2.39. The molecule has 2 atom stereocenters. The quantitative estimate of drug-likeness (QED) is 0.723. The van der Waals surface area contributed by atoms with Gasteiger partial charge in [0.1, 0.15) is 0 Å². The van der Waals surface area contributed by atoms with Crippen LogP contribution in [0.2, 0.25) is 0 Å². The van der Waals surface area contributed by atoms with Crippen LogP contribution in [0, 0.1) is 11.8 Å². The first kappa shape index (κ1) is 18.4. The number of aromatic nitrogens is 4. The molecule has 6 nitrogen and oxygen atoms in total. The SMILES string of the molecule is C[C@H]1C[C@H](Cn2ccc3nc(-c4cn[nH]c4)ccc32)CN1C(=O)C1CCCCC1. The maximum Gasteiger partial charge on any atom is 0.225 e. The van der Waals surface area contributed by atoms with E-state index in [9.17, 15) is 4.79 Å². The Morgan fingerprint density at radius 3 is 2.86 bits per heavy atom. The van der Waals surface area contributed by atoms with Crippen molar-refractivity contribution in [3.05, 3.63) is 36.8 Å². The molecule has 1 aliphatic heterocycles. The lowest BCUT2D eigenvalue weighted by molar-refractivity contribution is -0.137. The molecule has 5 rings (SSSR count). The summed E-state index contributed by atoms with van der Waals surface area (Å²) in [6, 6.07) is 6.64. The second-order valence-electron chi connectivity index (χ2n) is 8.83. The van der Waals surface area contributed by atoms with Crippen LogP contribution in [0.3, 0.4) is 0 Å². The first-order valence-electron chi connectivity index (χ1n) is 10.9. The number of hydrogen-bond acceptors (Lipinski definition) is 3. The highest BCUT2D eigenvalue weighted by Gasteiger charge is 2.36. The van der Waals surface area contributed by atoms with Crippen molar-refractivity contribution >= 4 is 16.9 Å². The predicted octanol–water partition coefficient (Wildman–Crippen LogP) is 4.24. The van der Waals surface area contributed by atoms with Gasteiger partial charge in [0.25, 0.3) is 0 Å². The zero-order chi connectivity index (χ0) is 19.8. The minimum Gasteiger partial charge on any atom is -0.346 e. The summed E-state index contributed by atoms with van der Waals surface area (Å²) in [5, 5.41) is 6.86. The molecule has 29 heavy (non-hydrogen) atoms. The van der Waals surface area contributed by atoms with Gasteiger partial charge in [0, 0.05) is 43.0 Å². The molecule has 152 valence electrons. The van der Waals surface area contributed by atoms with Crippen LogP contribution in [0.4, 0.5) is 0 Å². The van der Waals surface area contributed by atoms with Gasteiger partial charge in [-0.15, -0.1) is 0 Å². The number of hydrogen-bond donors (Lipinski definition) is 1. The van der Waals surface area contributed by atoms with Gasteiger partial charge in [-0.05, 0) is 50.3 Å². The van der Waals surface area contributed by atoms with Crippen LogP contribution in [0.1, 0.15) is 45.4 Å². The molecule has 2 fully saturated rings. The van der Waals surface area contributed by atoms with Gasteiger partial charge in [-0.3, -0.25) is 9.89 Å². The third-order valence-electron chi connectivity index (χ3n) is 6.77. The predicted molar refractivity (Wildman–Crippen MR) is 113 cm³/mol. The number of fused-ring (bicyclic) bond motifs is 1. The summed E-state index contributed by atoms with van der Waals surface area (Å²) < 4.78 is 2.30. The van der Waals surface area contributed by atoms with E-state index >= 15 is 0 Å². The number of pyridine rings is 1. The molecule has 1 amide bonds. The highest BCUT2D eigenvalue weighted by Crippen LogP contribution is 2.32. The molecule has 6 heteroatoms. The van der Waals surface area contributed by atoms with Crippen molar-refractivity contribution in [2.75, 3.05) is 6.54 Å². The van der Waals surface area contributed by atoms with E-state index in [0.717, 1.165) is 54.6 Å². The standard InChI is InChI=1S/C23H29N5O/c1-16-11-17(15-28(16)23(29)18-5-3-2-4-6-18)14-27-10-9-21-22(27)8-7-20(26-21)19-12-24-25-13-19/h7-10,12-13,16-18H,2-6,11,14-15H2,1H3,(H,24,25)/t16-,17+/m0/s1. The number of nitrogens with zero attached hydrogens (tertiary/aromatic N) is 4. The van der Waals surface area contributed by atoms with Crippen molar-refractivity contribution in [1.82, 2.24) is 24.6 Å². The highest BCUT2D eigenvalue weighted by molar-refractivity contribution is 5.80. The van der Waals surface area contributed by atoms with Gasteiger partial charge >= 0.3 is 0 Å². The Morgan fingerprint density at radius 1 is 1.21 bits per heavy atom. The van der Waals surface area contributed by atoms with E-state index in [0.29, 0.717) is 17.9 Å². The van der Waals surface area contributed by atoms with Gasteiger partial charge in [0.2, 0.25) is 5.91 Å².